The average molecular weight is 690 g/mol. The van der Waals surface area contributed by atoms with Gasteiger partial charge in [0.05, 0.1) is 18.2 Å². The molecule has 0 saturated carbocycles. The summed E-state index contributed by atoms with van der Waals surface area (Å²) in [6, 6.07) is 7.60. The Morgan fingerprint density at radius 2 is 1.66 bits per heavy atom. The van der Waals surface area contributed by atoms with Gasteiger partial charge >= 0.3 is 6.03 Å². The van der Waals surface area contributed by atoms with Crippen molar-refractivity contribution in [1.82, 2.24) is 9.80 Å². The fourth-order valence-electron chi connectivity index (χ4n) is 7.69. The summed E-state index contributed by atoms with van der Waals surface area (Å²) in [7, 11) is 6.75. The van der Waals surface area contributed by atoms with Crippen LogP contribution in [-0.4, -0.2) is 100 Å². The average Bonchev–Trinajstić information content (AvgIpc) is 2.99. The molecule has 3 aliphatic rings. The molecule has 3 aliphatic carbocycles. The molecule has 0 fully saturated rings. The van der Waals surface area contributed by atoms with Crippen LogP contribution in [0.15, 0.2) is 53.0 Å². The Kier molecular flexibility index (Phi) is 9.30. The SMILES string of the molecule is Cc1ccc(NC(=O)N(Cc2cc(N(C)C)c3c(c2O)C(=O)C2=C(O)C4(O)C(=O)C(C(N)=O)=C(O)C(N(C)C)C4CC2C3)CC(C)(C)C)cc1. The second-order valence-electron chi connectivity index (χ2n) is 15.3. The maximum absolute atomic E-state index is 14.5. The van der Waals surface area contributed by atoms with Crippen LogP contribution in [-0.2, 0) is 22.6 Å². The Morgan fingerprint density at radius 1 is 1.04 bits per heavy atom. The molecule has 0 saturated heterocycles. The lowest BCUT2D eigenvalue weighted by atomic mass is 9.58. The van der Waals surface area contributed by atoms with Crippen LogP contribution in [0.5, 0.6) is 5.75 Å². The van der Waals surface area contributed by atoms with E-state index < -0.39 is 64.1 Å². The molecule has 13 heteroatoms. The third-order valence-electron chi connectivity index (χ3n) is 9.88. The van der Waals surface area contributed by atoms with Crippen LogP contribution in [0.25, 0.3) is 0 Å². The molecule has 4 unspecified atom stereocenters. The summed E-state index contributed by atoms with van der Waals surface area (Å²) in [4.78, 5) is 59.0. The highest BCUT2D eigenvalue weighted by Gasteiger charge is 2.63. The Hall–Kier alpha value is -4.88. The van der Waals surface area contributed by atoms with Gasteiger partial charge < -0.3 is 41.3 Å². The largest absolute Gasteiger partial charge is 0.510 e. The van der Waals surface area contributed by atoms with Gasteiger partial charge in [-0.05, 0) is 69.0 Å². The van der Waals surface area contributed by atoms with Crippen molar-refractivity contribution in [2.75, 3.05) is 45.0 Å². The van der Waals surface area contributed by atoms with Crippen molar-refractivity contribution >= 4 is 34.9 Å². The number of amides is 3. The standard InChI is InChI=1S/C37H47N5O8/c1-18-9-11-21(12-10-18)39-35(49)42(17-36(2,3)4)16-20-15-24(40(5)6)22-13-19-14-23-28(41(7)8)31(45)27(34(38)48)33(47)37(23,50)32(46)25(19)30(44)26(22)29(20)43/h9-12,15,19,23,28,43,45-46,50H,13-14,16-17H2,1-8H3,(H2,38,48)(H,39,49). The van der Waals surface area contributed by atoms with E-state index in [-0.39, 0.29) is 47.3 Å². The van der Waals surface area contributed by atoms with Gasteiger partial charge in [-0.3, -0.25) is 19.3 Å². The van der Waals surface area contributed by atoms with Crippen LogP contribution in [0.4, 0.5) is 16.2 Å². The number of hydrogen-bond acceptors (Lipinski definition) is 10. The summed E-state index contributed by atoms with van der Waals surface area (Å²) >= 11 is 0. The zero-order valence-electron chi connectivity index (χ0n) is 29.8. The Morgan fingerprint density at radius 3 is 2.20 bits per heavy atom. The molecular formula is C37H47N5O8. The van der Waals surface area contributed by atoms with Gasteiger partial charge in [-0.1, -0.05) is 38.5 Å². The second-order valence-corrected chi connectivity index (χ2v) is 15.3. The third kappa shape index (κ3) is 6.09. The number of allylic oxidation sites excluding steroid dienone is 1. The highest BCUT2D eigenvalue weighted by Crippen LogP contribution is 2.53. The summed E-state index contributed by atoms with van der Waals surface area (Å²) in [5.41, 5.74) is 4.18. The first-order chi connectivity index (χ1) is 23.2. The molecule has 0 heterocycles. The molecule has 2 aromatic rings. The number of ketones is 2. The lowest BCUT2D eigenvalue weighted by Gasteiger charge is -2.50. The van der Waals surface area contributed by atoms with Gasteiger partial charge in [0.25, 0.3) is 5.91 Å². The van der Waals surface area contributed by atoms with E-state index in [1.807, 2.05) is 39.8 Å². The smallest absolute Gasteiger partial charge is 0.322 e. The zero-order chi connectivity index (χ0) is 37.2. The first-order valence-electron chi connectivity index (χ1n) is 16.5. The lowest BCUT2D eigenvalue weighted by Crippen LogP contribution is -2.63. The van der Waals surface area contributed by atoms with Crippen molar-refractivity contribution in [3.8, 4) is 5.75 Å². The number of phenolic OH excluding ortho intramolecular Hbond substituents is 1. The van der Waals surface area contributed by atoms with E-state index in [0.717, 1.165) is 5.56 Å². The molecule has 268 valence electrons. The van der Waals surface area contributed by atoms with Gasteiger partial charge in [-0.25, -0.2) is 4.79 Å². The first-order valence-corrected chi connectivity index (χ1v) is 16.5. The molecule has 13 nitrogen and oxygen atoms in total. The normalized spacial score (nSPS) is 23.4. The van der Waals surface area contributed by atoms with Crippen LogP contribution in [0.1, 0.15) is 54.2 Å². The Balaban J connectivity index is 1.62. The van der Waals surface area contributed by atoms with Crippen LogP contribution in [0.3, 0.4) is 0 Å². The van der Waals surface area contributed by atoms with Crippen LogP contribution < -0.4 is 16.0 Å². The number of urea groups is 1. The molecule has 0 spiro atoms. The fraction of sp³-hybridized carbons (Fsp3) is 0.459. The number of aliphatic hydroxyl groups is 3. The number of fused-ring (bicyclic) bond motifs is 3. The third-order valence-corrected chi connectivity index (χ3v) is 9.88. The van der Waals surface area contributed by atoms with Gasteiger partial charge in [-0.2, -0.15) is 0 Å². The minimum absolute atomic E-state index is 0.0142. The highest BCUT2D eigenvalue weighted by molar-refractivity contribution is 6.25. The molecule has 0 radical (unpaired) electrons. The van der Waals surface area contributed by atoms with Crippen molar-refractivity contribution in [2.45, 2.75) is 58.7 Å². The van der Waals surface area contributed by atoms with E-state index >= 15 is 0 Å². The maximum atomic E-state index is 14.5. The number of carbonyl (C=O) groups is 4. The van der Waals surface area contributed by atoms with E-state index in [1.165, 1.54) is 4.90 Å². The Labute approximate surface area is 291 Å². The molecule has 3 amide bonds. The topological polar surface area (TPSA) is 197 Å². The first kappa shape index (κ1) is 36.4. The molecule has 50 heavy (non-hydrogen) atoms. The number of phenols is 1. The van der Waals surface area contributed by atoms with Crippen LogP contribution >= 0.6 is 0 Å². The molecule has 7 N–H and O–H groups in total. The number of anilines is 2. The number of aliphatic hydroxyl groups excluding tert-OH is 2. The number of aromatic hydroxyl groups is 1. The highest BCUT2D eigenvalue weighted by atomic mass is 16.3. The quantitative estimate of drug-likeness (QED) is 0.234. The molecule has 0 bridgehead atoms. The summed E-state index contributed by atoms with van der Waals surface area (Å²) < 4.78 is 0. The van der Waals surface area contributed by atoms with Crippen LogP contribution in [0.2, 0.25) is 0 Å². The van der Waals surface area contributed by atoms with Crippen molar-refractivity contribution in [2.24, 2.45) is 23.0 Å². The second kappa shape index (κ2) is 12.8. The monoisotopic (exact) mass is 689 g/mol. The predicted octanol–water partition coefficient (Wildman–Crippen LogP) is 3.58. The summed E-state index contributed by atoms with van der Waals surface area (Å²) in [5, 5.41) is 49.4. The van der Waals surface area contributed by atoms with Crippen molar-refractivity contribution in [3.05, 3.63) is 75.3 Å². The Bertz CT molecular complexity index is 1840. The van der Waals surface area contributed by atoms with E-state index in [1.54, 1.807) is 56.2 Å². The number of nitrogens with one attached hydrogen (secondary N) is 1. The number of nitrogens with two attached hydrogens (primary N) is 1. The van der Waals surface area contributed by atoms with E-state index in [9.17, 15) is 39.6 Å². The molecule has 2 aromatic carbocycles. The summed E-state index contributed by atoms with van der Waals surface area (Å²) in [5.74, 6) is -7.13. The van der Waals surface area contributed by atoms with Crippen LogP contribution in [0, 0.1) is 24.2 Å². The number of rotatable bonds is 7. The lowest BCUT2D eigenvalue weighted by molar-refractivity contribution is -0.148. The fourth-order valence-corrected chi connectivity index (χ4v) is 7.69. The van der Waals surface area contributed by atoms with E-state index in [0.29, 0.717) is 23.5 Å². The maximum Gasteiger partial charge on any atom is 0.322 e. The molecular weight excluding hydrogens is 642 g/mol. The summed E-state index contributed by atoms with van der Waals surface area (Å²) in [6.45, 7) is 8.09. The van der Waals surface area contributed by atoms with Gasteiger partial charge in [-0.15, -0.1) is 0 Å². The van der Waals surface area contributed by atoms with Crippen molar-refractivity contribution in [1.29, 1.82) is 0 Å². The molecule has 0 aliphatic heterocycles. The number of nitrogens with zero attached hydrogens (tertiary/aromatic N) is 3. The molecule has 4 atom stereocenters. The van der Waals surface area contributed by atoms with Crippen molar-refractivity contribution in [3.63, 3.8) is 0 Å². The minimum Gasteiger partial charge on any atom is -0.510 e. The number of likely N-dealkylation sites (N-methyl/N-ethyl adjacent to an activating group) is 1. The van der Waals surface area contributed by atoms with Crippen molar-refractivity contribution < 1.29 is 39.6 Å². The molecule has 5 rings (SSSR count). The predicted molar refractivity (Wildman–Crippen MR) is 188 cm³/mol. The zero-order valence-corrected chi connectivity index (χ0v) is 29.8. The number of carbonyl (C=O) groups excluding carboxylic acids is 4. The number of primary amides is 1. The minimum atomic E-state index is -2.74. The van der Waals surface area contributed by atoms with E-state index in [4.69, 9.17) is 5.73 Å². The van der Waals surface area contributed by atoms with Gasteiger partial charge in [0.15, 0.2) is 11.4 Å². The number of aryl methyl sites for hydroxylation is 1. The molecule has 0 aromatic heterocycles. The number of benzene rings is 2. The van der Waals surface area contributed by atoms with Gasteiger partial charge in [0.2, 0.25) is 5.78 Å². The number of hydrogen-bond donors (Lipinski definition) is 6. The van der Waals surface area contributed by atoms with Gasteiger partial charge in [0, 0.05) is 49.1 Å². The van der Waals surface area contributed by atoms with E-state index in [2.05, 4.69) is 5.32 Å². The summed E-state index contributed by atoms with van der Waals surface area (Å²) in [6.07, 6.45) is 0.134. The van der Waals surface area contributed by atoms with Gasteiger partial charge in [0.1, 0.15) is 22.8 Å². The number of Topliss-reactive ketones (excluding diaryl/α,β-unsaturated/α-hetero) is 2.